The first kappa shape index (κ1) is 10.4. The molecule has 0 aromatic heterocycles. The molecule has 0 fully saturated rings. The largest absolute Gasteiger partial charge is 0.480 e. The molecular weight excluding hydrogens is 210 g/mol. The average molecular weight is 218 g/mol. The molecule has 0 atom stereocenters. The van der Waals surface area contributed by atoms with Gasteiger partial charge < -0.3 is 5.11 Å². The lowest BCUT2D eigenvalue weighted by molar-refractivity contribution is -0.135. The summed E-state index contributed by atoms with van der Waals surface area (Å²) in [6, 6.07) is 7.16. The van der Waals surface area contributed by atoms with Crippen LogP contribution < -0.4 is 4.72 Å². The van der Waals surface area contributed by atoms with Crippen molar-refractivity contribution in [2.75, 3.05) is 6.54 Å². The van der Waals surface area contributed by atoms with E-state index in [1.165, 1.54) is 11.9 Å². The van der Waals surface area contributed by atoms with Crippen LogP contribution >= 0.6 is 23.5 Å². The van der Waals surface area contributed by atoms with E-state index in [9.17, 15) is 4.79 Å². The van der Waals surface area contributed by atoms with E-state index in [1.807, 2.05) is 12.1 Å². The van der Waals surface area contributed by atoms with Gasteiger partial charge in [-0.15, -0.1) is 0 Å². The van der Waals surface area contributed by atoms with Crippen molar-refractivity contribution in [2.24, 2.45) is 0 Å². The second-order valence-corrected chi connectivity index (χ2v) is 3.67. The van der Waals surface area contributed by atoms with Gasteiger partial charge in [0.25, 0.3) is 0 Å². The Morgan fingerprint density at radius 2 is 2.08 bits per heavy atom. The number of rotatable bonds is 4. The summed E-state index contributed by atoms with van der Waals surface area (Å²) in [4.78, 5) is 11.1. The first-order valence-corrected chi connectivity index (χ1v) is 4.75. The Hall–Kier alpha value is -0.710. The lowest BCUT2D eigenvalue weighted by Gasteiger charge is -2.00. The molecule has 0 aliphatic carbocycles. The Bertz CT molecular complexity index is 289. The van der Waals surface area contributed by atoms with Gasteiger partial charge in [0.2, 0.25) is 0 Å². The van der Waals surface area contributed by atoms with Crippen LogP contribution in [0, 0.1) is 0 Å². The molecule has 0 amide bonds. The maximum Gasteiger partial charge on any atom is 0.318 e. The van der Waals surface area contributed by atoms with Crippen molar-refractivity contribution in [3.63, 3.8) is 0 Å². The van der Waals surface area contributed by atoms with Crippen molar-refractivity contribution in [1.82, 2.24) is 4.72 Å². The monoisotopic (exact) mass is 217 g/mol. The molecule has 0 aliphatic rings. The van der Waals surface area contributed by atoms with Gasteiger partial charge in [0.05, 0.1) is 0 Å². The van der Waals surface area contributed by atoms with Gasteiger partial charge in [-0.1, -0.05) is 11.6 Å². The number of hydrogen-bond donors (Lipinski definition) is 2. The number of hydrogen-bond acceptors (Lipinski definition) is 3. The molecule has 0 bridgehead atoms. The molecule has 0 spiro atoms. The summed E-state index contributed by atoms with van der Waals surface area (Å²) in [5, 5.41) is 9.01. The number of benzene rings is 1. The van der Waals surface area contributed by atoms with Gasteiger partial charge in [-0.3, -0.25) is 4.79 Å². The van der Waals surface area contributed by atoms with Crippen molar-refractivity contribution >= 4 is 29.5 Å². The van der Waals surface area contributed by atoms with Gasteiger partial charge in [-0.05, 0) is 36.2 Å². The van der Waals surface area contributed by atoms with Crippen LogP contribution in [0.15, 0.2) is 29.2 Å². The summed E-state index contributed by atoms with van der Waals surface area (Å²) in [5.74, 6) is -0.874. The summed E-state index contributed by atoms with van der Waals surface area (Å²) < 4.78 is 2.69. The zero-order chi connectivity index (χ0) is 9.68. The number of halogens is 1. The van der Waals surface area contributed by atoms with Gasteiger partial charge in [0, 0.05) is 9.92 Å². The highest BCUT2D eigenvalue weighted by atomic mass is 35.5. The fourth-order valence-electron chi connectivity index (χ4n) is 0.684. The van der Waals surface area contributed by atoms with Gasteiger partial charge in [-0.2, -0.15) is 0 Å². The fourth-order valence-corrected chi connectivity index (χ4v) is 1.44. The number of aliphatic carboxylic acids is 1. The topological polar surface area (TPSA) is 49.3 Å². The molecular formula is C8H8ClNO2S. The molecule has 0 unspecified atom stereocenters. The first-order valence-electron chi connectivity index (χ1n) is 3.55. The summed E-state index contributed by atoms with van der Waals surface area (Å²) in [7, 11) is 0. The maximum absolute atomic E-state index is 10.1. The number of carboxylic acids is 1. The highest BCUT2D eigenvalue weighted by Crippen LogP contribution is 2.17. The molecule has 13 heavy (non-hydrogen) atoms. The number of nitrogens with one attached hydrogen (secondary N) is 1. The smallest absolute Gasteiger partial charge is 0.318 e. The Balaban J connectivity index is 2.37. The second kappa shape index (κ2) is 5.11. The van der Waals surface area contributed by atoms with E-state index in [2.05, 4.69) is 4.72 Å². The van der Waals surface area contributed by atoms with Crippen LogP contribution in [-0.2, 0) is 4.79 Å². The minimum atomic E-state index is -0.874. The van der Waals surface area contributed by atoms with Crippen molar-refractivity contribution in [3.8, 4) is 0 Å². The van der Waals surface area contributed by atoms with Gasteiger partial charge in [0.1, 0.15) is 6.54 Å². The Morgan fingerprint density at radius 3 is 2.62 bits per heavy atom. The average Bonchev–Trinajstić information content (AvgIpc) is 2.08. The van der Waals surface area contributed by atoms with Gasteiger partial charge in [0.15, 0.2) is 0 Å². The third-order valence-corrected chi connectivity index (χ3v) is 2.28. The van der Waals surface area contributed by atoms with E-state index < -0.39 is 5.97 Å². The van der Waals surface area contributed by atoms with Crippen molar-refractivity contribution in [2.45, 2.75) is 4.90 Å². The molecule has 0 heterocycles. The summed E-state index contributed by atoms with van der Waals surface area (Å²) in [5.41, 5.74) is 0. The third kappa shape index (κ3) is 4.17. The molecule has 70 valence electrons. The third-order valence-electron chi connectivity index (χ3n) is 1.23. The van der Waals surface area contributed by atoms with Crippen LogP contribution in [0.25, 0.3) is 0 Å². The van der Waals surface area contributed by atoms with Crippen molar-refractivity contribution in [1.29, 1.82) is 0 Å². The molecule has 1 rings (SSSR count). The van der Waals surface area contributed by atoms with Gasteiger partial charge >= 0.3 is 5.97 Å². The van der Waals surface area contributed by atoms with Gasteiger partial charge in [-0.25, -0.2) is 4.72 Å². The van der Waals surface area contributed by atoms with E-state index in [1.54, 1.807) is 12.1 Å². The summed E-state index contributed by atoms with van der Waals surface area (Å²) >= 11 is 6.94. The molecule has 1 aromatic carbocycles. The lowest BCUT2D eigenvalue weighted by Crippen LogP contribution is -2.15. The fraction of sp³-hybridized carbons (Fsp3) is 0.125. The van der Waals surface area contributed by atoms with Crippen LogP contribution in [0.2, 0.25) is 5.02 Å². The van der Waals surface area contributed by atoms with E-state index in [4.69, 9.17) is 16.7 Å². The number of carboxylic acid groups (broad SMARTS) is 1. The van der Waals surface area contributed by atoms with Crippen LogP contribution in [0.3, 0.4) is 0 Å². The predicted octanol–water partition coefficient (Wildman–Crippen LogP) is 2.02. The Labute approximate surface area is 85.2 Å². The molecule has 3 nitrogen and oxygen atoms in total. The summed E-state index contributed by atoms with van der Waals surface area (Å²) in [6.45, 7) is -0.0622. The molecule has 5 heteroatoms. The quantitative estimate of drug-likeness (QED) is 0.758. The SMILES string of the molecule is O=C(O)CNSc1ccc(Cl)cc1. The van der Waals surface area contributed by atoms with Crippen LogP contribution in [-0.4, -0.2) is 17.6 Å². The van der Waals surface area contributed by atoms with Crippen molar-refractivity contribution < 1.29 is 9.90 Å². The summed E-state index contributed by atoms with van der Waals surface area (Å²) in [6.07, 6.45) is 0. The molecule has 2 N–H and O–H groups in total. The zero-order valence-corrected chi connectivity index (χ0v) is 8.23. The Kier molecular flexibility index (Phi) is 4.08. The van der Waals surface area contributed by atoms with Crippen LogP contribution in [0.1, 0.15) is 0 Å². The minimum absolute atomic E-state index is 0.0622. The predicted molar refractivity (Wildman–Crippen MR) is 52.9 cm³/mol. The van der Waals surface area contributed by atoms with E-state index in [0.717, 1.165) is 4.90 Å². The van der Waals surface area contributed by atoms with E-state index in [0.29, 0.717) is 5.02 Å². The van der Waals surface area contributed by atoms with Crippen LogP contribution in [0.4, 0.5) is 0 Å². The highest BCUT2D eigenvalue weighted by Gasteiger charge is 1.96. The lowest BCUT2D eigenvalue weighted by atomic mass is 10.4. The van der Waals surface area contributed by atoms with E-state index >= 15 is 0 Å². The minimum Gasteiger partial charge on any atom is -0.480 e. The van der Waals surface area contributed by atoms with Crippen LogP contribution in [0.5, 0.6) is 0 Å². The highest BCUT2D eigenvalue weighted by molar-refractivity contribution is 7.97. The standard InChI is InChI=1S/C8H8ClNO2S/c9-6-1-3-7(4-2-6)13-10-5-8(11)12/h1-4,10H,5H2,(H,11,12). The normalized spacial score (nSPS) is 9.92. The number of carbonyl (C=O) groups is 1. The molecule has 0 saturated carbocycles. The molecule has 0 radical (unpaired) electrons. The second-order valence-electron chi connectivity index (χ2n) is 2.27. The van der Waals surface area contributed by atoms with Crippen molar-refractivity contribution in [3.05, 3.63) is 29.3 Å². The zero-order valence-electron chi connectivity index (χ0n) is 6.66. The molecule has 1 aromatic rings. The molecule has 0 aliphatic heterocycles. The Morgan fingerprint density at radius 1 is 1.46 bits per heavy atom. The molecule has 0 saturated heterocycles. The first-order chi connectivity index (χ1) is 6.18. The maximum atomic E-state index is 10.1. The van der Waals surface area contributed by atoms with E-state index in [-0.39, 0.29) is 6.54 Å².